The van der Waals surface area contributed by atoms with Crippen LogP contribution in [-0.2, 0) is 12.3 Å². The molecule has 162 valence electrons. The number of benzene rings is 2. The van der Waals surface area contributed by atoms with Crippen LogP contribution in [-0.4, -0.2) is 33.4 Å². The van der Waals surface area contributed by atoms with Gasteiger partial charge in [-0.2, -0.15) is 0 Å². The van der Waals surface area contributed by atoms with Crippen LogP contribution >= 0.6 is 11.8 Å². The van der Waals surface area contributed by atoms with Crippen LogP contribution in [0.1, 0.15) is 25.8 Å². The molecule has 0 aliphatic rings. The maximum atomic E-state index is 13.1. The number of rotatable bonds is 8. The predicted molar refractivity (Wildman–Crippen MR) is 123 cm³/mol. The second-order valence-corrected chi connectivity index (χ2v) is 8.68. The summed E-state index contributed by atoms with van der Waals surface area (Å²) in [5.41, 5.74) is 1.79. The molecule has 2 heterocycles. The largest absolute Gasteiger partial charge is 0.497 e. The molecule has 0 radical (unpaired) electrons. The number of aryl methyl sites for hydroxylation is 1. The summed E-state index contributed by atoms with van der Waals surface area (Å²) in [6, 6.07) is 13.4. The van der Waals surface area contributed by atoms with E-state index in [2.05, 4.69) is 24.0 Å². The molecule has 2 aromatic heterocycles. The minimum atomic E-state index is -0.0258. The zero-order chi connectivity index (χ0) is 22.0. The summed E-state index contributed by atoms with van der Waals surface area (Å²) in [5.74, 6) is 3.25. The molecule has 8 heteroatoms. The van der Waals surface area contributed by atoms with Crippen LogP contribution in [0.25, 0.3) is 16.7 Å². The molecule has 0 saturated heterocycles. The van der Waals surface area contributed by atoms with E-state index in [4.69, 9.17) is 9.47 Å². The fraction of sp³-hybridized carbons (Fsp3) is 0.348. The van der Waals surface area contributed by atoms with Gasteiger partial charge in [-0.3, -0.25) is 13.8 Å². The third-order valence-corrected chi connectivity index (χ3v) is 6.23. The Morgan fingerprint density at radius 2 is 1.87 bits per heavy atom. The van der Waals surface area contributed by atoms with Gasteiger partial charge in [-0.05, 0) is 42.7 Å². The molecule has 0 amide bonds. The van der Waals surface area contributed by atoms with Crippen molar-refractivity contribution in [2.24, 2.45) is 5.92 Å². The van der Waals surface area contributed by atoms with E-state index >= 15 is 0 Å². The summed E-state index contributed by atoms with van der Waals surface area (Å²) >= 11 is 1.55. The van der Waals surface area contributed by atoms with Gasteiger partial charge in [-0.25, -0.2) is 0 Å². The molecule has 0 fully saturated rings. The Morgan fingerprint density at radius 1 is 1.06 bits per heavy atom. The van der Waals surface area contributed by atoms with Gasteiger partial charge in [-0.1, -0.05) is 37.7 Å². The van der Waals surface area contributed by atoms with Crippen molar-refractivity contribution in [1.29, 1.82) is 0 Å². The SMILES string of the molecule is COc1ccc(OC)c(CSc2nnc3n(CCC(C)C)c(=O)c4ccccc4n23)c1. The van der Waals surface area contributed by atoms with Crippen LogP contribution in [0.5, 0.6) is 11.5 Å². The molecule has 0 unspecified atom stereocenters. The first-order valence-corrected chi connectivity index (χ1v) is 11.2. The molecule has 0 bridgehead atoms. The molecule has 4 rings (SSSR count). The van der Waals surface area contributed by atoms with E-state index in [1.165, 1.54) is 0 Å². The lowest BCUT2D eigenvalue weighted by Gasteiger charge is -2.13. The molecule has 0 aliphatic heterocycles. The van der Waals surface area contributed by atoms with E-state index in [1.54, 1.807) is 30.5 Å². The summed E-state index contributed by atoms with van der Waals surface area (Å²) in [6.45, 7) is 4.91. The van der Waals surface area contributed by atoms with Gasteiger partial charge in [-0.15, -0.1) is 10.2 Å². The van der Waals surface area contributed by atoms with Crippen LogP contribution in [0, 0.1) is 5.92 Å². The average Bonchev–Trinajstić information content (AvgIpc) is 3.21. The van der Waals surface area contributed by atoms with Crippen molar-refractivity contribution in [3.63, 3.8) is 0 Å². The van der Waals surface area contributed by atoms with Crippen molar-refractivity contribution >= 4 is 28.4 Å². The van der Waals surface area contributed by atoms with E-state index < -0.39 is 0 Å². The van der Waals surface area contributed by atoms with Crippen LogP contribution in [0.4, 0.5) is 0 Å². The molecule has 0 atom stereocenters. The second-order valence-electron chi connectivity index (χ2n) is 7.74. The van der Waals surface area contributed by atoms with Crippen molar-refractivity contribution in [3.8, 4) is 11.5 Å². The van der Waals surface area contributed by atoms with Crippen molar-refractivity contribution < 1.29 is 9.47 Å². The van der Waals surface area contributed by atoms with Crippen molar-refractivity contribution in [3.05, 3.63) is 58.4 Å². The highest BCUT2D eigenvalue weighted by Gasteiger charge is 2.17. The van der Waals surface area contributed by atoms with Gasteiger partial charge in [0.1, 0.15) is 11.5 Å². The van der Waals surface area contributed by atoms with Crippen LogP contribution in [0.15, 0.2) is 52.4 Å². The molecule has 2 aromatic carbocycles. The fourth-order valence-electron chi connectivity index (χ4n) is 3.55. The zero-order valence-corrected chi connectivity index (χ0v) is 19.0. The van der Waals surface area contributed by atoms with Crippen molar-refractivity contribution in [2.45, 2.75) is 37.7 Å². The number of nitrogens with zero attached hydrogens (tertiary/aromatic N) is 4. The maximum Gasteiger partial charge on any atom is 0.262 e. The van der Waals surface area contributed by atoms with Gasteiger partial charge < -0.3 is 9.47 Å². The first-order chi connectivity index (χ1) is 15.0. The fourth-order valence-corrected chi connectivity index (χ4v) is 4.47. The Hall–Kier alpha value is -3.00. The first kappa shape index (κ1) is 21.2. The number of thioether (sulfide) groups is 1. The molecular formula is C23H26N4O3S. The van der Waals surface area contributed by atoms with Gasteiger partial charge in [0, 0.05) is 17.9 Å². The molecule has 7 nitrogen and oxygen atoms in total. The average molecular weight is 439 g/mol. The number of fused-ring (bicyclic) bond motifs is 3. The number of hydrogen-bond donors (Lipinski definition) is 0. The minimum Gasteiger partial charge on any atom is -0.497 e. The molecule has 4 aromatic rings. The normalized spacial score (nSPS) is 11.5. The van der Waals surface area contributed by atoms with E-state index in [9.17, 15) is 4.79 Å². The van der Waals surface area contributed by atoms with Crippen molar-refractivity contribution in [2.75, 3.05) is 14.2 Å². The minimum absolute atomic E-state index is 0.0258. The second kappa shape index (κ2) is 9.01. The van der Waals surface area contributed by atoms with E-state index in [-0.39, 0.29) is 5.56 Å². The third-order valence-electron chi connectivity index (χ3n) is 5.25. The smallest absolute Gasteiger partial charge is 0.262 e. The number of methoxy groups -OCH3 is 2. The van der Waals surface area contributed by atoms with Gasteiger partial charge >= 0.3 is 0 Å². The summed E-state index contributed by atoms with van der Waals surface area (Å²) in [4.78, 5) is 13.1. The number of ether oxygens (including phenoxy) is 2. The summed E-state index contributed by atoms with van der Waals surface area (Å²) in [6.07, 6.45) is 0.893. The topological polar surface area (TPSA) is 70.7 Å². The third kappa shape index (κ3) is 4.12. The predicted octanol–water partition coefficient (Wildman–Crippen LogP) is 4.40. The van der Waals surface area contributed by atoms with Gasteiger partial charge in [0.05, 0.1) is 25.1 Å². The van der Waals surface area contributed by atoms with Gasteiger partial charge in [0.2, 0.25) is 5.78 Å². The zero-order valence-electron chi connectivity index (χ0n) is 18.2. The lowest BCUT2D eigenvalue weighted by molar-refractivity contribution is 0.400. The Kier molecular flexibility index (Phi) is 6.18. The van der Waals surface area contributed by atoms with Gasteiger partial charge in [0.25, 0.3) is 5.56 Å². The Bertz CT molecular complexity index is 1280. The first-order valence-electron chi connectivity index (χ1n) is 10.2. The Morgan fingerprint density at radius 3 is 2.61 bits per heavy atom. The molecule has 0 N–H and O–H groups in total. The lowest BCUT2D eigenvalue weighted by atomic mass is 10.1. The summed E-state index contributed by atoms with van der Waals surface area (Å²) < 4.78 is 14.6. The highest BCUT2D eigenvalue weighted by molar-refractivity contribution is 7.98. The quantitative estimate of drug-likeness (QED) is 0.380. The van der Waals surface area contributed by atoms with Crippen molar-refractivity contribution in [1.82, 2.24) is 19.2 Å². The van der Waals surface area contributed by atoms with E-state index in [1.807, 2.05) is 46.9 Å². The molecule has 0 spiro atoms. The summed E-state index contributed by atoms with van der Waals surface area (Å²) in [7, 11) is 3.30. The van der Waals surface area contributed by atoms with Crippen LogP contribution in [0.2, 0.25) is 0 Å². The highest BCUT2D eigenvalue weighted by Crippen LogP contribution is 2.31. The van der Waals surface area contributed by atoms with Gasteiger partial charge in [0.15, 0.2) is 5.16 Å². The maximum absolute atomic E-state index is 13.1. The lowest BCUT2D eigenvalue weighted by Crippen LogP contribution is -2.24. The highest BCUT2D eigenvalue weighted by atomic mass is 32.2. The Labute approximate surface area is 185 Å². The number of para-hydroxylation sites is 1. The van der Waals surface area contributed by atoms with E-state index in [0.717, 1.165) is 34.2 Å². The number of hydrogen-bond acceptors (Lipinski definition) is 6. The van der Waals surface area contributed by atoms with Crippen LogP contribution < -0.4 is 15.0 Å². The molecular weight excluding hydrogens is 412 g/mol. The Balaban J connectivity index is 1.79. The number of aromatic nitrogens is 4. The monoisotopic (exact) mass is 438 g/mol. The standard InChI is InChI=1S/C23H26N4O3S/c1-15(2)11-12-26-21(28)18-7-5-6-8-19(18)27-22(26)24-25-23(27)31-14-16-13-17(29-3)9-10-20(16)30-4/h5-10,13,15H,11-12,14H2,1-4H3. The van der Waals surface area contributed by atoms with E-state index in [0.29, 0.717) is 29.4 Å². The van der Waals surface area contributed by atoms with Crippen LogP contribution in [0.3, 0.4) is 0 Å². The molecule has 31 heavy (non-hydrogen) atoms. The summed E-state index contributed by atoms with van der Waals surface area (Å²) in [5, 5.41) is 10.2. The molecule has 0 aliphatic carbocycles. The molecule has 0 saturated carbocycles.